The summed E-state index contributed by atoms with van der Waals surface area (Å²) in [5.74, 6) is 0. The highest BCUT2D eigenvalue weighted by Crippen LogP contribution is 2.34. The van der Waals surface area contributed by atoms with Gasteiger partial charge in [0.15, 0.2) is 0 Å². The van der Waals surface area contributed by atoms with Gasteiger partial charge in [0.2, 0.25) is 0 Å². The van der Waals surface area contributed by atoms with Crippen LogP contribution in [0.25, 0.3) is 5.57 Å². The number of benzene rings is 1. The highest BCUT2D eigenvalue weighted by Gasteiger charge is 2.21. The van der Waals surface area contributed by atoms with Gasteiger partial charge >= 0.3 is 0 Å². The second-order valence-corrected chi connectivity index (χ2v) is 3.59. The molecule has 1 heterocycles. The van der Waals surface area contributed by atoms with Crippen LogP contribution < -0.4 is 0 Å². The number of fused-ring (bicyclic) bond motifs is 1. The zero-order valence-electron chi connectivity index (χ0n) is 8.40. The van der Waals surface area contributed by atoms with Crippen LogP contribution in [0.15, 0.2) is 24.8 Å². The fourth-order valence-corrected chi connectivity index (χ4v) is 1.71. The molecule has 0 fully saturated rings. The minimum absolute atomic E-state index is 0.0219. The molecule has 15 heavy (non-hydrogen) atoms. The van der Waals surface area contributed by atoms with Gasteiger partial charge in [-0.15, -0.1) is 0 Å². The van der Waals surface area contributed by atoms with E-state index in [-0.39, 0.29) is 11.8 Å². The molecule has 0 spiro atoms. The molecule has 4 heteroatoms. The van der Waals surface area contributed by atoms with E-state index >= 15 is 0 Å². The average Bonchev–Trinajstić information content (AvgIpc) is 2.23. The molecule has 0 saturated carbocycles. The first-order chi connectivity index (χ1) is 7.09. The number of nitro benzene ring substituents is 1. The van der Waals surface area contributed by atoms with Gasteiger partial charge in [-0.1, -0.05) is 6.58 Å². The van der Waals surface area contributed by atoms with Crippen LogP contribution in [0.2, 0.25) is 0 Å². The van der Waals surface area contributed by atoms with Gasteiger partial charge < -0.3 is 4.74 Å². The maximum absolute atomic E-state index is 10.6. The second-order valence-electron chi connectivity index (χ2n) is 3.59. The van der Waals surface area contributed by atoms with Crippen LogP contribution in [0, 0.1) is 10.1 Å². The van der Waals surface area contributed by atoms with Gasteiger partial charge in [0.25, 0.3) is 5.69 Å². The molecule has 1 atom stereocenters. The quantitative estimate of drug-likeness (QED) is 0.523. The number of nitro groups is 1. The number of non-ortho nitro benzene ring substituents is 1. The summed E-state index contributed by atoms with van der Waals surface area (Å²) >= 11 is 0. The van der Waals surface area contributed by atoms with E-state index in [1.807, 2.05) is 6.92 Å². The van der Waals surface area contributed by atoms with E-state index in [0.29, 0.717) is 6.61 Å². The van der Waals surface area contributed by atoms with Crippen LogP contribution in [0.5, 0.6) is 0 Å². The molecule has 1 aliphatic heterocycles. The van der Waals surface area contributed by atoms with Crippen molar-refractivity contribution < 1.29 is 9.66 Å². The molecule has 4 nitrogen and oxygen atoms in total. The van der Waals surface area contributed by atoms with Crippen LogP contribution in [0.1, 0.15) is 24.2 Å². The van der Waals surface area contributed by atoms with Gasteiger partial charge in [0.05, 0.1) is 17.6 Å². The standard InChI is InChI=1S/C11H11NO3/c1-7-6-15-8(2)10-4-3-9(12(13)14)5-11(7)10/h3-5,8H,1,6H2,2H3. The summed E-state index contributed by atoms with van der Waals surface area (Å²) in [4.78, 5) is 10.2. The second kappa shape index (κ2) is 3.47. The highest BCUT2D eigenvalue weighted by atomic mass is 16.6. The van der Waals surface area contributed by atoms with Crippen molar-refractivity contribution in [1.82, 2.24) is 0 Å². The van der Waals surface area contributed by atoms with Gasteiger partial charge in [-0.05, 0) is 29.7 Å². The molecule has 0 N–H and O–H groups in total. The molecule has 1 aromatic carbocycles. The number of hydrogen-bond acceptors (Lipinski definition) is 3. The van der Waals surface area contributed by atoms with Gasteiger partial charge in [-0.2, -0.15) is 0 Å². The lowest BCUT2D eigenvalue weighted by atomic mass is 9.95. The fraction of sp³-hybridized carbons (Fsp3) is 0.273. The van der Waals surface area contributed by atoms with Gasteiger partial charge in [0, 0.05) is 12.1 Å². The van der Waals surface area contributed by atoms with Crippen LogP contribution >= 0.6 is 0 Å². The average molecular weight is 205 g/mol. The third-order valence-electron chi connectivity index (χ3n) is 2.57. The van der Waals surface area contributed by atoms with Crippen molar-refractivity contribution in [3.05, 3.63) is 46.0 Å². The molecule has 1 aliphatic rings. The van der Waals surface area contributed by atoms with Crippen LogP contribution in [0.4, 0.5) is 5.69 Å². The summed E-state index contributed by atoms with van der Waals surface area (Å²) in [6.45, 7) is 6.21. The molecule has 0 bridgehead atoms. The fourth-order valence-electron chi connectivity index (χ4n) is 1.71. The van der Waals surface area contributed by atoms with E-state index in [0.717, 1.165) is 16.7 Å². The molecule has 1 unspecified atom stereocenters. The third-order valence-corrected chi connectivity index (χ3v) is 2.57. The summed E-state index contributed by atoms with van der Waals surface area (Å²) in [6.07, 6.45) is -0.0219. The number of rotatable bonds is 1. The maximum atomic E-state index is 10.6. The van der Waals surface area contributed by atoms with Crippen molar-refractivity contribution in [1.29, 1.82) is 0 Å². The Morgan fingerprint density at radius 1 is 1.60 bits per heavy atom. The van der Waals surface area contributed by atoms with Crippen molar-refractivity contribution in [2.75, 3.05) is 6.61 Å². The lowest BCUT2D eigenvalue weighted by molar-refractivity contribution is -0.384. The molecule has 0 radical (unpaired) electrons. The van der Waals surface area contributed by atoms with E-state index in [9.17, 15) is 10.1 Å². The minimum atomic E-state index is -0.395. The number of ether oxygens (including phenoxy) is 1. The summed E-state index contributed by atoms with van der Waals surface area (Å²) in [6, 6.07) is 4.80. The lowest BCUT2D eigenvalue weighted by Crippen LogP contribution is -2.12. The zero-order chi connectivity index (χ0) is 11.0. The predicted octanol–water partition coefficient (Wildman–Crippen LogP) is 2.70. The molecule has 78 valence electrons. The number of hydrogen-bond donors (Lipinski definition) is 0. The van der Waals surface area contributed by atoms with E-state index in [2.05, 4.69) is 6.58 Å². The first-order valence-electron chi connectivity index (χ1n) is 4.67. The first kappa shape index (κ1) is 9.86. The van der Waals surface area contributed by atoms with Crippen LogP contribution in [-0.2, 0) is 4.74 Å². The van der Waals surface area contributed by atoms with Crippen molar-refractivity contribution in [2.45, 2.75) is 13.0 Å². The van der Waals surface area contributed by atoms with Gasteiger partial charge in [0.1, 0.15) is 0 Å². The monoisotopic (exact) mass is 205 g/mol. The van der Waals surface area contributed by atoms with Gasteiger partial charge in [-0.3, -0.25) is 10.1 Å². The minimum Gasteiger partial charge on any atom is -0.369 e. The van der Waals surface area contributed by atoms with Crippen molar-refractivity contribution in [3.8, 4) is 0 Å². The largest absolute Gasteiger partial charge is 0.369 e. The van der Waals surface area contributed by atoms with Crippen molar-refractivity contribution >= 4 is 11.3 Å². The maximum Gasteiger partial charge on any atom is 0.270 e. The van der Waals surface area contributed by atoms with Crippen molar-refractivity contribution in [3.63, 3.8) is 0 Å². The Balaban J connectivity index is 2.54. The molecular formula is C11H11NO3. The Kier molecular flexibility index (Phi) is 2.28. The van der Waals surface area contributed by atoms with Crippen LogP contribution in [-0.4, -0.2) is 11.5 Å². The van der Waals surface area contributed by atoms with Gasteiger partial charge in [-0.25, -0.2) is 0 Å². The highest BCUT2D eigenvalue weighted by molar-refractivity contribution is 5.70. The normalized spacial score (nSPS) is 19.8. The van der Waals surface area contributed by atoms with Crippen molar-refractivity contribution in [2.24, 2.45) is 0 Å². The number of nitrogens with zero attached hydrogens (tertiary/aromatic N) is 1. The Morgan fingerprint density at radius 3 is 3.00 bits per heavy atom. The van der Waals surface area contributed by atoms with E-state index in [4.69, 9.17) is 4.74 Å². The SMILES string of the molecule is C=C1COC(C)c2ccc([N+](=O)[O-])cc21. The Morgan fingerprint density at radius 2 is 2.33 bits per heavy atom. The topological polar surface area (TPSA) is 52.4 Å². The van der Waals surface area contributed by atoms with Crippen LogP contribution in [0.3, 0.4) is 0 Å². The van der Waals surface area contributed by atoms with E-state index in [1.54, 1.807) is 12.1 Å². The van der Waals surface area contributed by atoms with E-state index < -0.39 is 4.92 Å². The summed E-state index contributed by atoms with van der Waals surface area (Å²) in [5, 5.41) is 10.6. The lowest BCUT2D eigenvalue weighted by Gasteiger charge is -2.24. The zero-order valence-corrected chi connectivity index (χ0v) is 8.40. The summed E-state index contributed by atoms with van der Waals surface area (Å²) in [5.41, 5.74) is 2.72. The molecule has 0 aromatic heterocycles. The molecule has 0 saturated heterocycles. The Labute approximate surface area is 87.3 Å². The summed E-state index contributed by atoms with van der Waals surface area (Å²) in [7, 11) is 0. The summed E-state index contributed by atoms with van der Waals surface area (Å²) < 4.78 is 5.45. The Hall–Kier alpha value is -1.68. The molecule has 1 aromatic rings. The third kappa shape index (κ3) is 1.64. The van der Waals surface area contributed by atoms with E-state index in [1.165, 1.54) is 6.07 Å². The molecule has 2 rings (SSSR count). The molecular weight excluding hydrogens is 194 g/mol. The smallest absolute Gasteiger partial charge is 0.270 e. The first-order valence-corrected chi connectivity index (χ1v) is 4.67. The Bertz CT molecular complexity index is 439. The predicted molar refractivity (Wildman–Crippen MR) is 56.5 cm³/mol. The molecule has 0 aliphatic carbocycles. The molecule has 0 amide bonds.